The predicted octanol–water partition coefficient (Wildman–Crippen LogP) is 4.79. The Morgan fingerprint density at radius 3 is 2.50 bits per heavy atom. The number of aryl methyl sites for hydroxylation is 1. The number of carbonyl (C=O) groups excluding carboxylic acids is 1. The summed E-state index contributed by atoms with van der Waals surface area (Å²) in [6, 6.07) is 12.3. The van der Waals surface area contributed by atoms with Gasteiger partial charge in [0.05, 0.1) is 18.6 Å². The number of amides is 1. The summed E-state index contributed by atoms with van der Waals surface area (Å²) in [6.07, 6.45) is 5.18. The van der Waals surface area contributed by atoms with Gasteiger partial charge >= 0.3 is 6.09 Å². The van der Waals surface area contributed by atoms with Crippen molar-refractivity contribution in [1.82, 2.24) is 19.4 Å². The van der Waals surface area contributed by atoms with Crippen LogP contribution in [-0.2, 0) is 11.8 Å². The lowest BCUT2D eigenvalue weighted by atomic mass is 10.1. The fourth-order valence-electron chi connectivity index (χ4n) is 4.01. The molecule has 0 spiro atoms. The maximum Gasteiger partial charge on any atom is 0.410 e. The summed E-state index contributed by atoms with van der Waals surface area (Å²) >= 11 is 0. The maximum atomic E-state index is 12.0. The number of aromatic nitrogens is 3. The van der Waals surface area contributed by atoms with Crippen molar-refractivity contribution in [2.45, 2.75) is 32.5 Å². The Morgan fingerprint density at radius 1 is 1.00 bits per heavy atom. The fourth-order valence-corrected chi connectivity index (χ4v) is 4.01. The fraction of sp³-hybridized carbons (Fsp3) is 0.320. The van der Waals surface area contributed by atoms with Crippen molar-refractivity contribution in [3.8, 4) is 17.0 Å². The van der Waals surface area contributed by atoms with Crippen LogP contribution in [0.25, 0.3) is 32.9 Å². The minimum absolute atomic E-state index is 0.0679. The number of likely N-dealkylation sites (tertiary alicyclic amines) is 1. The molecule has 4 aromatic rings. The molecule has 0 saturated carbocycles. The molecular weight excluding hydrogens is 404 g/mol. The average Bonchev–Trinajstić information content (AvgIpc) is 3.01. The molecule has 5 rings (SSSR count). The second kappa shape index (κ2) is 7.51. The smallest absolute Gasteiger partial charge is 0.410 e. The van der Waals surface area contributed by atoms with Crippen molar-refractivity contribution in [2.75, 3.05) is 13.1 Å². The van der Waals surface area contributed by atoms with E-state index in [4.69, 9.17) is 9.47 Å². The van der Waals surface area contributed by atoms with Gasteiger partial charge in [0.2, 0.25) is 5.88 Å². The Hall–Kier alpha value is -3.61. The lowest BCUT2D eigenvalue weighted by molar-refractivity contribution is -0.0232. The largest absolute Gasteiger partial charge is 0.471 e. The molecule has 3 aromatic heterocycles. The molecule has 0 N–H and O–H groups in total. The SMILES string of the molecule is Cn1c2ccncc2c2ccc(-c3ccc(OC4CN(C(=O)OC(C)(C)C)C4)nc3)cc21. The number of fused-ring (bicyclic) bond motifs is 3. The molecule has 1 aliphatic heterocycles. The highest BCUT2D eigenvalue weighted by atomic mass is 16.6. The first-order chi connectivity index (χ1) is 15.3. The van der Waals surface area contributed by atoms with Crippen molar-refractivity contribution in [3.63, 3.8) is 0 Å². The van der Waals surface area contributed by atoms with Gasteiger partial charge < -0.3 is 18.9 Å². The quantitative estimate of drug-likeness (QED) is 0.468. The van der Waals surface area contributed by atoms with E-state index in [-0.39, 0.29) is 12.2 Å². The number of hydrogen-bond donors (Lipinski definition) is 0. The van der Waals surface area contributed by atoms with E-state index in [2.05, 4.69) is 39.8 Å². The van der Waals surface area contributed by atoms with Gasteiger partial charge in [-0.3, -0.25) is 4.98 Å². The van der Waals surface area contributed by atoms with Crippen LogP contribution < -0.4 is 4.74 Å². The van der Waals surface area contributed by atoms with Crippen LogP contribution in [0.4, 0.5) is 4.79 Å². The highest BCUT2D eigenvalue weighted by molar-refractivity contribution is 6.08. The number of rotatable bonds is 3. The van der Waals surface area contributed by atoms with E-state index >= 15 is 0 Å². The lowest BCUT2D eigenvalue weighted by Gasteiger charge is -2.39. The van der Waals surface area contributed by atoms with Gasteiger partial charge in [0.1, 0.15) is 11.7 Å². The average molecular weight is 431 g/mol. The van der Waals surface area contributed by atoms with Crippen molar-refractivity contribution < 1.29 is 14.3 Å². The first kappa shape index (κ1) is 20.3. The molecule has 7 nitrogen and oxygen atoms in total. The topological polar surface area (TPSA) is 69.5 Å². The standard InChI is InChI=1S/C25H26N4O3/c1-25(2,3)32-24(30)29-14-18(15-29)31-23-8-6-17(12-27-23)16-5-7-19-20-13-26-10-9-21(20)28(4)22(19)11-16/h5-13,18H,14-15H2,1-4H3. The second-order valence-electron chi connectivity index (χ2n) is 9.19. The molecule has 4 heterocycles. The molecule has 0 aliphatic carbocycles. The number of hydrogen-bond acceptors (Lipinski definition) is 5. The number of carbonyl (C=O) groups is 1. The van der Waals surface area contributed by atoms with Gasteiger partial charge in [-0.15, -0.1) is 0 Å². The van der Waals surface area contributed by atoms with Crippen LogP contribution in [0.3, 0.4) is 0 Å². The van der Waals surface area contributed by atoms with Crippen molar-refractivity contribution in [3.05, 3.63) is 55.0 Å². The van der Waals surface area contributed by atoms with Gasteiger partial charge in [0.25, 0.3) is 0 Å². The molecular formula is C25H26N4O3. The van der Waals surface area contributed by atoms with Gasteiger partial charge in [-0.25, -0.2) is 9.78 Å². The Balaban J connectivity index is 1.27. The van der Waals surface area contributed by atoms with Crippen LogP contribution >= 0.6 is 0 Å². The summed E-state index contributed by atoms with van der Waals surface area (Å²) in [5, 5.41) is 2.34. The lowest BCUT2D eigenvalue weighted by Crippen LogP contribution is -2.57. The number of ether oxygens (including phenoxy) is 2. The zero-order valence-electron chi connectivity index (χ0n) is 18.7. The van der Waals surface area contributed by atoms with Gasteiger partial charge in [-0.2, -0.15) is 0 Å². The van der Waals surface area contributed by atoms with Gasteiger partial charge in [0, 0.05) is 53.6 Å². The van der Waals surface area contributed by atoms with Crippen LogP contribution in [0.15, 0.2) is 55.0 Å². The first-order valence-corrected chi connectivity index (χ1v) is 10.7. The van der Waals surface area contributed by atoms with Gasteiger partial charge in [-0.1, -0.05) is 12.1 Å². The van der Waals surface area contributed by atoms with Crippen LogP contribution in [0.1, 0.15) is 20.8 Å². The Kier molecular flexibility index (Phi) is 4.77. The molecule has 1 saturated heterocycles. The van der Waals surface area contributed by atoms with Crippen molar-refractivity contribution in [2.24, 2.45) is 7.05 Å². The van der Waals surface area contributed by atoms with E-state index in [1.54, 1.807) is 4.90 Å². The van der Waals surface area contributed by atoms with Crippen LogP contribution in [-0.4, -0.2) is 50.3 Å². The maximum absolute atomic E-state index is 12.0. The zero-order valence-corrected chi connectivity index (χ0v) is 18.7. The minimum Gasteiger partial charge on any atom is -0.471 e. The van der Waals surface area contributed by atoms with Gasteiger partial charge in [-0.05, 0) is 44.5 Å². The molecule has 7 heteroatoms. The molecule has 0 unspecified atom stereocenters. The number of pyridine rings is 2. The summed E-state index contributed by atoms with van der Waals surface area (Å²) in [5.41, 5.74) is 3.94. The van der Waals surface area contributed by atoms with E-state index in [0.29, 0.717) is 19.0 Å². The third-order valence-electron chi connectivity index (χ3n) is 5.67. The molecule has 1 fully saturated rings. The molecule has 0 radical (unpaired) electrons. The molecule has 1 aliphatic rings. The predicted molar refractivity (Wildman–Crippen MR) is 124 cm³/mol. The normalized spacial score (nSPS) is 14.6. The number of nitrogens with zero attached hydrogens (tertiary/aromatic N) is 4. The van der Waals surface area contributed by atoms with Crippen LogP contribution in [0.2, 0.25) is 0 Å². The summed E-state index contributed by atoms with van der Waals surface area (Å²) in [6.45, 7) is 6.59. The Labute approximate surface area is 186 Å². The van der Waals surface area contributed by atoms with E-state index < -0.39 is 5.60 Å². The highest BCUT2D eigenvalue weighted by Crippen LogP contribution is 2.31. The summed E-state index contributed by atoms with van der Waals surface area (Å²) in [5.74, 6) is 0.555. The summed E-state index contributed by atoms with van der Waals surface area (Å²) in [7, 11) is 2.07. The number of benzene rings is 1. The van der Waals surface area contributed by atoms with Crippen LogP contribution in [0, 0.1) is 0 Å². The molecule has 1 amide bonds. The molecule has 32 heavy (non-hydrogen) atoms. The zero-order chi connectivity index (χ0) is 22.5. The molecule has 164 valence electrons. The Morgan fingerprint density at radius 2 is 1.78 bits per heavy atom. The summed E-state index contributed by atoms with van der Waals surface area (Å²) < 4.78 is 13.5. The third-order valence-corrected chi connectivity index (χ3v) is 5.67. The molecule has 1 aromatic carbocycles. The molecule has 0 bridgehead atoms. The van der Waals surface area contributed by atoms with Crippen molar-refractivity contribution >= 4 is 27.9 Å². The van der Waals surface area contributed by atoms with Crippen LogP contribution in [0.5, 0.6) is 5.88 Å². The first-order valence-electron chi connectivity index (χ1n) is 10.7. The van der Waals surface area contributed by atoms with E-state index in [9.17, 15) is 4.79 Å². The molecule has 0 atom stereocenters. The van der Waals surface area contributed by atoms with E-state index in [1.165, 1.54) is 5.39 Å². The minimum atomic E-state index is -0.494. The van der Waals surface area contributed by atoms with E-state index in [1.807, 2.05) is 57.6 Å². The van der Waals surface area contributed by atoms with Crippen molar-refractivity contribution in [1.29, 1.82) is 0 Å². The summed E-state index contributed by atoms with van der Waals surface area (Å²) in [4.78, 5) is 22.4. The van der Waals surface area contributed by atoms with Gasteiger partial charge in [0.15, 0.2) is 0 Å². The third kappa shape index (κ3) is 3.75. The second-order valence-corrected chi connectivity index (χ2v) is 9.19. The Bertz CT molecular complexity index is 1300. The monoisotopic (exact) mass is 430 g/mol. The van der Waals surface area contributed by atoms with E-state index in [0.717, 1.165) is 27.5 Å². The highest BCUT2D eigenvalue weighted by Gasteiger charge is 2.35.